The highest BCUT2D eigenvalue weighted by atomic mass is 15.0. The lowest BCUT2D eigenvalue weighted by atomic mass is 9.94. The van der Waals surface area contributed by atoms with Crippen molar-refractivity contribution in [3.63, 3.8) is 0 Å². The molecule has 0 saturated heterocycles. The quantitative estimate of drug-likeness (QED) is 0.190. The Morgan fingerprint density at radius 3 is 1.98 bits per heavy atom. The second-order valence-corrected chi connectivity index (χ2v) is 12.2. The summed E-state index contributed by atoms with van der Waals surface area (Å²) in [5.74, 6) is 0.717. The molecule has 0 unspecified atom stereocenters. The zero-order valence-corrected chi connectivity index (χ0v) is 25.4. The van der Waals surface area contributed by atoms with Crippen molar-refractivity contribution in [3.8, 4) is 28.3 Å². The maximum Gasteiger partial charge on any atom is 0.160 e. The summed E-state index contributed by atoms with van der Waals surface area (Å²) in [5.41, 5.74) is 7.38. The minimum absolute atomic E-state index is 0.717. The maximum absolute atomic E-state index is 5.16. The van der Waals surface area contributed by atoms with Gasteiger partial charge in [-0.2, -0.15) is 0 Å². The largest absolute Gasteiger partial charge is 0.309 e. The van der Waals surface area contributed by atoms with Crippen LogP contribution in [0.4, 0.5) is 0 Å². The number of hydrogen-bond donors (Lipinski definition) is 0. The SMILES string of the molecule is c1ccc(-c2nc(-c3cccc(-n4c5ccccc5c5c6ccc7ccc8ccccc8c7c6ccc54)c3)nc3ccccc23)cc1. The molecule has 0 N–H and O–H groups in total. The summed E-state index contributed by atoms with van der Waals surface area (Å²) in [6, 6.07) is 58.4. The number of aromatic nitrogens is 3. The molecule has 2 aromatic heterocycles. The molecule has 0 fully saturated rings. The van der Waals surface area contributed by atoms with Crippen LogP contribution in [0.25, 0.3) is 93.4 Å². The van der Waals surface area contributed by atoms with Crippen LogP contribution >= 0.6 is 0 Å². The van der Waals surface area contributed by atoms with Gasteiger partial charge in [0.25, 0.3) is 0 Å². The van der Waals surface area contributed by atoms with Gasteiger partial charge in [-0.3, -0.25) is 0 Å². The van der Waals surface area contributed by atoms with Crippen molar-refractivity contribution in [1.29, 1.82) is 0 Å². The van der Waals surface area contributed by atoms with E-state index in [-0.39, 0.29) is 0 Å². The number of para-hydroxylation sites is 2. The Kier molecular flexibility index (Phi) is 5.57. The summed E-state index contributed by atoms with van der Waals surface area (Å²) in [4.78, 5) is 10.2. The predicted molar refractivity (Wildman–Crippen MR) is 197 cm³/mol. The normalized spacial score (nSPS) is 11.8. The van der Waals surface area contributed by atoms with Crippen LogP contribution in [0.5, 0.6) is 0 Å². The van der Waals surface area contributed by atoms with Crippen LogP contribution in [0.3, 0.4) is 0 Å². The highest BCUT2D eigenvalue weighted by molar-refractivity contribution is 6.29. The van der Waals surface area contributed by atoms with Gasteiger partial charge in [0.15, 0.2) is 5.82 Å². The lowest BCUT2D eigenvalue weighted by Gasteiger charge is -2.12. The van der Waals surface area contributed by atoms with Crippen molar-refractivity contribution < 1.29 is 0 Å². The van der Waals surface area contributed by atoms with Crippen molar-refractivity contribution in [2.75, 3.05) is 0 Å². The standard InChI is InChI=1S/C44H27N3/c1-2-12-30(13-3-1)43-36-17-6-8-19-38(36)45-44(46-43)31-14-10-15-32(27-31)47-39-20-9-7-18-37(39)42-35-24-23-29-22-21-28-11-4-5-16-33(28)41(29)34(35)25-26-40(42)47/h1-27H. The first kappa shape index (κ1) is 26.0. The molecule has 10 aromatic rings. The third kappa shape index (κ3) is 3.93. The number of hydrogen-bond acceptors (Lipinski definition) is 2. The number of fused-ring (bicyclic) bond motifs is 10. The average molecular weight is 598 g/mol. The van der Waals surface area contributed by atoms with E-state index in [2.05, 4.69) is 156 Å². The molecule has 3 nitrogen and oxygen atoms in total. The van der Waals surface area contributed by atoms with E-state index in [0.29, 0.717) is 5.82 Å². The zero-order valence-electron chi connectivity index (χ0n) is 25.4. The van der Waals surface area contributed by atoms with Crippen molar-refractivity contribution in [2.45, 2.75) is 0 Å². The van der Waals surface area contributed by atoms with Crippen LogP contribution in [0, 0.1) is 0 Å². The van der Waals surface area contributed by atoms with E-state index < -0.39 is 0 Å². The molecule has 0 amide bonds. The van der Waals surface area contributed by atoms with E-state index in [1.807, 2.05) is 12.1 Å². The molecule has 3 heteroatoms. The van der Waals surface area contributed by atoms with Crippen LogP contribution in [0.15, 0.2) is 164 Å². The minimum atomic E-state index is 0.717. The third-order valence-corrected chi connectivity index (χ3v) is 9.55. The summed E-state index contributed by atoms with van der Waals surface area (Å²) in [6.07, 6.45) is 0. The van der Waals surface area contributed by atoms with Crippen molar-refractivity contribution in [2.24, 2.45) is 0 Å². The zero-order chi connectivity index (χ0) is 30.9. The van der Waals surface area contributed by atoms with Crippen molar-refractivity contribution in [1.82, 2.24) is 14.5 Å². The lowest BCUT2D eigenvalue weighted by molar-refractivity contribution is 1.17. The predicted octanol–water partition coefficient (Wildman–Crippen LogP) is 11.5. The smallest absolute Gasteiger partial charge is 0.160 e. The fraction of sp³-hybridized carbons (Fsp3) is 0. The van der Waals surface area contributed by atoms with Gasteiger partial charge in [0.1, 0.15) is 0 Å². The Labute approximate surface area is 271 Å². The molecule has 10 rings (SSSR count). The molecule has 0 atom stereocenters. The highest BCUT2D eigenvalue weighted by Crippen LogP contribution is 2.41. The Bertz CT molecular complexity index is 2850. The van der Waals surface area contributed by atoms with Crippen LogP contribution in [-0.2, 0) is 0 Å². The molecule has 2 heterocycles. The Morgan fingerprint density at radius 2 is 1.06 bits per heavy atom. The van der Waals surface area contributed by atoms with Gasteiger partial charge in [0.2, 0.25) is 0 Å². The third-order valence-electron chi connectivity index (χ3n) is 9.55. The van der Waals surface area contributed by atoms with Crippen LogP contribution < -0.4 is 0 Å². The van der Waals surface area contributed by atoms with Crippen molar-refractivity contribution >= 4 is 65.0 Å². The number of benzene rings is 8. The topological polar surface area (TPSA) is 30.7 Å². The first-order valence-corrected chi connectivity index (χ1v) is 16.0. The Balaban J connectivity index is 1.23. The molecule has 0 aliphatic carbocycles. The van der Waals surface area contributed by atoms with Gasteiger partial charge < -0.3 is 4.57 Å². The molecular weight excluding hydrogens is 571 g/mol. The van der Waals surface area contributed by atoms with Gasteiger partial charge in [0.05, 0.1) is 22.2 Å². The van der Waals surface area contributed by atoms with Crippen LogP contribution in [0.1, 0.15) is 0 Å². The van der Waals surface area contributed by atoms with Gasteiger partial charge >= 0.3 is 0 Å². The summed E-state index contributed by atoms with van der Waals surface area (Å²) < 4.78 is 2.39. The van der Waals surface area contributed by atoms with E-state index in [0.717, 1.165) is 33.4 Å². The number of nitrogens with zero attached hydrogens (tertiary/aromatic N) is 3. The Hall–Kier alpha value is -6.32. The van der Waals surface area contributed by atoms with E-state index in [1.54, 1.807) is 0 Å². The van der Waals surface area contributed by atoms with E-state index >= 15 is 0 Å². The molecule has 0 bridgehead atoms. The van der Waals surface area contributed by atoms with Gasteiger partial charge in [-0.05, 0) is 62.6 Å². The fourth-order valence-electron chi connectivity index (χ4n) is 7.46. The first-order chi connectivity index (χ1) is 23.3. The van der Waals surface area contributed by atoms with E-state index in [4.69, 9.17) is 9.97 Å². The molecule has 8 aromatic carbocycles. The highest BCUT2D eigenvalue weighted by Gasteiger charge is 2.18. The van der Waals surface area contributed by atoms with Gasteiger partial charge in [-0.1, -0.05) is 133 Å². The van der Waals surface area contributed by atoms with E-state index in [9.17, 15) is 0 Å². The summed E-state index contributed by atoms with van der Waals surface area (Å²) in [5, 5.41) is 11.2. The van der Waals surface area contributed by atoms with Gasteiger partial charge in [0, 0.05) is 33.0 Å². The molecule has 0 aliphatic heterocycles. The monoisotopic (exact) mass is 597 g/mol. The second kappa shape index (κ2) is 10.1. The second-order valence-electron chi connectivity index (χ2n) is 12.2. The summed E-state index contributed by atoms with van der Waals surface area (Å²) in [7, 11) is 0. The molecule has 0 saturated carbocycles. The molecule has 0 aliphatic rings. The molecule has 47 heavy (non-hydrogen) atoms. The fourth-order valence-corrected chi connectivity index (χ4v) is 7.46. The number of rotatable bonds is 3. The van der Waals surface area contributed by atoms with Gasteiger partial charge in [-0.15, -0.1) is 0 Å². The lowest BCUT2D eigenvalue weighted by Crippen LogP contribution is -1.97. The average Bonchev–Trinajstić information content (AvgIpc) is 3.49. The molecule has 0 radical (unpaired) electrons. The first-order valence-electron chi connectivity index (χ1n) is 16.0. The molecule has 0 spiro atoms. The van der Waals surface area contributed by atoms with Crippen LogP contribution in [-0.4, -0.2) is 14.5 Å². The minimum Gasteiger partial charge on any atom is -0.309 e. The molecular formula is C44H27N3. The Morgan fingerprint density at radius 1 is 0.383 bits per heavy atom. The van der Waals surface area contributed by atoms with E-state index in [1.165, 1.54) is 54.1 Å². The summed E-state index contributed by atoms with van der Waals surface area (Å²) in [6.45, 7) is 0. The van der Waals surface area contributed by atoms with Crippen LogP contribution in [0.2, 0.25) is 0 Å². The maximum atomic E-state index is 5.16. The summed E-state index contributed by atoms with van der Waals surface area (Å²) >= 11 is 0. The van der Waals surface area contributed by atoms with Crippen molar-refractivity contribution in [3.05, 3.63) is 164 Å². The van der Waals surface area contributed by atoms with Gasteiger partial charge in [-0.25, -0.2) is 9.97 Å². The molecule has 218 valence electrons.